The number of fused-ring (bicyclic) bond motifs is 1. The van der Waals surface area contributed by atoms with Gasteiger partial charge in [0.15, 0.2) is 0 Å². The van der Waals surface area contributed by atoms with Crippen LogP contribution in [0.1, 0.15) is 24.1 Å². The average molecular weight is 356 g/mol. The quantitative estimate of drug-likeness (QED) is 0.558. The number of rotatable bonds is 3. The van der Waals surface area contributed by atoms with Gasteiger partial charge in [-0.05, 0) is 42.3 Å². The van der Waals surface area contributed by atoms with Gasteiger partial charge in [-0.1, -0.05) is 12.1 Å². The fourth-order valence-corrected chi connectivity index (χ4v) is 3.00. The molecule has 1 aromatic carbocycles. The largest absolute Gasteiger partial charge is 0.416 e. The third kappa shape index (κ3) is 2.85. The highest BCUT2D eigenvalue weighted by Crippen LogP contribution is 2.31. The minimum absolute atomic E-state index is 0.186. The van der Waals surface area contributed by atoms with E-state index in [9.17, 15) is 13.2 Å². The Labute approximate surface area is 147 Å². The molecule has 0 fully saturated rings. The highest BCUT2D eigenvalue weighted by atomic mass is 19.4. The van der Waals surface area contributed by atoms with Crippen LogP contribution in [-0.4, -0.2) is 19.7 Å². The van der Waals surface area contributed by atoms with Crippen molar-refractivity contribution in [2.24, 2.45) is 0 Å². The molecule has 3 heterocycles. The molecule has 0 aliphatic carbocycles. The molecule has 3 aromatic heterocycles. The maximum absolute atomic E-state index is 12.7. The first kappa shape index (κ1) is 16.4. The van der Waals surface area contributed by atoms with Crippen molar-refractivity contribution >= 4 is 11.0 Å². The molecule has 4 rings (SSSR count). The van der Waals surface area contributed by atoms with Gasteiger partial charge < -0.3 is 4.98 Å². The standard InChI is InChI=1S/C19H15F3N4/c1-12(13-2-4-15(5-3-13)19(20,21)22)26-11-14(10-25-26)16-6-8-23-18-17(16)7-9-24-18/h2-12H,1H3,(H,23,24). The van der Waals surface area contributed by atoms with Gasteiger partial charge in [-0.2, -0.15) is 18.3 Å². The number of halogens is 3. The number of hydrogen-bond acceptors (Lipinski definition) is 2. The van der Waals surface area contributed by atoms with Crippen LogP contribution in [0.2, 0.25) is 0 Å². The molecule has 4 aromatic rings. The lowest BCUT2D eigenvalue weighted by atomic mass is 10.1. The van der Waals surface area contributed by atoms with Gasteiger partial charge in [0, 0.05) is 29.5 Å². The normalized spacial score (nSPS) is 13.2. The Balaban J connectivity index is 1.64. The topological polar surface area (TPSA) is 46.5 Å². The number of H-pyrrole nitrogens is 1. The lowest BCUT2D eigenvalue weighted by molar-refractivity contribution is -0.137. The summed E-state index contributed by atoms with van der Waals surface area (Å²) in [5.74, 6) is 0. The summed E-state index contributed by atoms with van der Waals surface area (Å²) >= 11 is 0. The van der Waals surface area contributed by atoms with E-state index in [1.807, 2.05) is 31.5 Å². The van der Waals surface area contributed by atoms with Gasteiger partial charge in [-0.15, -0.1) is 0 Å². The molecule has 1 atom stereocenters. The minimum Gasteiger partial charge on any atom is -0.346 e. The summed E-state index contributed by atoms with van der Waals surface area (Å²) in [5, 5.41) is 5.39. The van der Waals surface area contributed by atoms with E-state index in [2.05, 4.69) is 15.1 Å². The summed E-state index contributed by atoms with van der Waals surface area (Å²) in [6.07, 6.45) is 2.87. The Morgan fingerprint density at radius 3 is 2.58 bits per heavy atom. The molecule has 0 bridgehead atoms. The zero-order chi connectivity index (χ0) is 18.3. The van der Waals surface area contributed by atoms with Gasteiger partial charge in [0.05, 0.1) is 17.8 Å². The second-order valence-electron chi connectivity index (χ2n) is 6.10. The second-order valence-corrected chi connectivity index (χ2v) is 6.10. The summed E-state index contributed by atoms with van der Waals surface area (Å²) < 4.78 is 39.9. The van der Waals surface area contributed by atoms with E-state index in [0.29, 0.717) is 0 Å². The first-order chi connectivity index (χ1) is 12.4. The van der Waals surface area contributed by atoms with E-state index in [1.54, 1.807) is 17.1 Å². The lowest BCUT2D eigenvalue weighted by Gasteiger charge is -2.14. The molecule has 0 saturated heterocycles. The van der Waals surface area contributed by atoms with Crippen LogP contribution in [0.25, 0.3) is 22.2 Å². The van der Waals surface area contributed by atoms with Crippen molar-refractivity contribution in [3.8, 4) is 11.1 Å². The Bertz CT molecular complexity index is 1040. The molecule has 1 N–H and O–H groups in total. The fourth-order valence-electron chi connectivity index (χ4n) is 3.00. The highest BCUT2D eigenvalue weighted by Gasteiger charge is 2.30. The van der Waals surface area contributed by atoms with Crippen LogP contribution in [0.3, 0.4) is 0 Å². The smallest absolute Gasteiger partial charge is 0.346 e. The van der Waals surface area contributed by atoms with Gasteiger partial charge in [-0.25, -0.2) is 4.98 Å². The average Bonchev–Trinajstić information content (AvgIpc) is 3.29. The van der Waals surface area contributed by atoms with Crippen LogP contribution in [0, 0.1) is 0 Å². The molecule has 0 aliphatic rings. The molecular weight excluding hydrogens is 341 g/mol. The minimum atomic E-state index is -4.33. The number of hydrogen-bond donors (Lipinski definition) is 1. The molecule has 1 unspecified atom stereocenters. The molecule has 0 saturated carbocycles. The van der Waals surface area contributed by atoms with Crippen molar-refractivity contribution in [1.82, 2.24) is 19.7 Å². The predicted octanol–water partition coefficient (Wildman–Crippen LogP) is 5.05. The van der Waals surface area contributed by atoms with E-state index >= 15 is 0 Å². The first-order valence-electron chi connectivity index (χ1n) is 8.07. The van der Waals surface area contributed by atoms with Gasteiger partial charge in [-0.3, -0.25) is 4.68 Å². The number of alkyl halides is 3. The molecule has 0 aliphatic heterocycles. The number of aromatic amines is 1. The van der Waals surface area contributed by atoms with Crippen molar-refractivity contribution in [3.05, 3.63) is 72.3 Å². The fraction of sp³-hybridized carbons (Fsp3) is 0.158. The SMILES string of the molecule is CC(c1ccc(C(F)(F)F)cc1)n1cc(-c2ccnc3[nH]ccc23)cn1. The molecule has 26 heavy (non-hydrogen) atoms. The maximum atomic E-state index is 12.7. The lowest BCUT2D eigenvalue weighted by Crippen LogP contribution is -2.09. The van der Waals surface area contributed by atoms with E-state index < -0.39 is 11.7 Å². The van der Waals surface area contributed by atoms with Crippen LogP contribution in [-0.2, 0) is 6.18 Å². The van der Waals surface area contributed by atoms with Crippen LogP contribution >= 0.6 is 0 Å². The maximum Gasteiger partial charge on any atom is 0.416 e. The van der Waals surface area contributed by atoms with Crippen molar-refractivity contribution in [2.45, 2.75) is 19.1 Å². The second kappa shape index (κ2) is 6.01. The summed E-state index contributed by atoms with van der Waals surface area (Å²) in [6, 6.07) is 8.87. The van der Waals surface area contributed by atoms with Gasteiger partial charge in [0.1, 0.15) is 5.65 Å². The van der Waals surface area contributed by atoms with Crippen LogP contribution in [0.15, 0.2) is 61.2 Å². The van der Waals surface area contributed by atoms with Crippen LogP contribution < -0.4 is 0 Å². The van der Waals surface area contributed by atoms with Crippen LogP contribution in [0.5, 0.6) is 0 Å². The number of pyridine rings is 1. The number of aromatic nitrogens is 4. The molecule has 0 spiro atoms. The van der Waals surface area contributed by atoms with Crippen molar-refractivity contribution in [1.29, 1.82) is 0 Å². The molecule has 132 valence electrons. The van der Waals surface area contributed by atoms with Gasteiger partial charge in [0.25, 0.3) is 0 Å². The Morgan fingerprint density at radius 1 is 1.08 bits per heavy atom. The van der Waals surface area contributed by atoms with E-state index in [0.717, 1.165) is 39.9 Å². The monoisotopic (exact) mass is 356 g/mol. The molecule has 0 radical (unpaired) electrons. The first-order valence-corrected chi connectivity index (χ1v) is 8.07. The van der Waals surface area contributed by atoms with Crippen LogP contribution in [0.4, 0.5) is 13.2 Å². The highest BCUT2D eigenvalue weighted by molar-refractivity contribution is 5.92. The number of nitrogens with zero attached hydrogens (tertiary/aromatic N) is 3. The van der Waals surface area contributed by atoms with E-state index in [4.69, 9.17) is 0 Å². The third-order valence-electron chi connectivity index (χ3n) is 4.49. The third-order valence-corrected chi connectivity index (χ3v) is 4.49. The number of nitrogens with one attached hydrogen (secondary N) is 1. The number of benzene rings is 1. The van der Waals surface area contributed by atoms with E-state index in [-0.39, 0.29) is 6.04 Å². The molecule has 0 amide bonds. The van der Waals surface area contributed by atoms with E-state index in [1.165, 1.54) is 12.1 Å². The summed E-state index contributed by atoms with van der Waals surface area (Å²) in [5.41, 5.74) is 2.83. The van der Waals surface area contributed by atoms with Gasteiger partial charge >= 0.3 is 6.18 Å². The summed E-state index contributed by atoms with van der Waals surface area (Å²) in [6.45, 7) is 1.90. The summed E-state index contributed by atoms with van der Waals surface area (Å²) in [4.78, 5) is 7.34. The molecular formula is C19H15F3N4. The Morgan fingerprint density at radius 2 is 1.85 bits per heavy atom. The molecule has 7 heteroatoms. The molecule has 4 nitrogen and oxygen atoms in total. The zero-order valence-corrected chi connectivity index (χ0v) is 13.8. The van der Waals surface area contributed by atoms with Crippen molar-refractivity contribution in [2.75, 3.05) is 0 Å². The van der Waals surface area contributed by atoms with Gasteiger partial charge in [0.2, 0.25) is 0 Å². The Hall–Kier alpha value is -3.09. The van der Waals surface area contributed by atoms with Crippen molar-refractivity contribution < 1.29 is 13.2 Å². The predicted molar refractivity (Wildman–Crippen MR) is 92.6 cm³/mol. The zero-order valence-electron chi connectivity index (χ0n) is 13.8. The summed E-state index contributed by atoms with van der Waals surface area (Å²) in [7, 11) is 0. The van der Waals surface area contributed by atoms with Crippen molar-refractivity contribution in [3.63, 3.8) is 0 Å². The Kier molecular flexibility index (Phi) is 3.79.